The number of aryl methyl sites for hydroxylation is 1. The Kier molecular flexibility index (Phi) is 2.21. The summed E-state index contributed by atoms with van der Waals surface area (Å²) in [6.07, 6.45) is 0. The summed E-state index contributed by atoms with van der Waals surface area (Å²) in [5.74, 6) is -0.707. The van der Waals surface area contributed by atoms with E-state index < -0.39 is 0 Å². The molecule has 5 nitrogen and oxygen atoms in total. The van der Waals surface area contributed by atoms with E-state index >= 15 is 0 Å². The zero-order valence-electron chi connectivity index (χ0n) is 9.51. The number of aromatic nitrogens is 1. The predicted molar refractivity (Wildman–Crippen MR) is 68.8 cm³/mol. The van der Waals surface area contributed by atoms with Gasteiger partial charge in [0, 0.05) is 11.1 Å². The fraction of sp³-hybridized carbons (Fsp3) is 0.0833. The molecule has 2 N–H and O–H groups in total. The van der Waals surface area contributed by atoms with Crippen molar-refractivity contribution in [2.45, 2.75) is 6.92 Å². The van der Waals surface area contributed by atoms with Crippen LogP contribution in [0, 0.1) is 6.92 Å². The number of hydrogen-bond acceptors (Lipinski definition) is 5. The van der Waals surface area contributed by atoms with Crippen LogP contribution in [-0.2, 0) is 0 Å². The molecule has 18 heavy (non-hydrogen) atoms. The number of amides is 2. The molecule has 1 aromatic heterocycles. The molecule has 0 fully saturated rings. The first kappa shape index (κ1) is 10.9. The molecule has 2 heterocycles. The molecule has 1 aromatic carbocycles. The minimum absolute atomic E-state index is 0.341. The van der Waals surface area contributed by atoms with E-state index in [-0.39, 0.29) is 11.8 Å². The van der Waals surface area contributed by atoms with Gasteiger partial charge in [-0.3, -0.25) is 9.59 Å². The fourth-order valence-electron chi connectivity index (χ4n) is 1.88. The number of benzene rings is 1. The fourth-order valence-corrected chi connectivity index (χ4v) is 2.67. The Balaban J connectivity index is 2.12. The van der Waals surface area contributed by atoms with Gasteiger partial charge in [0.2, 0.25) is 0 Å². The summed E-state index contributed by atoms with van der Waals surface area (Å²) in [5, 5.41) is 2.20. The van der Waals surface area contributed by atoms with Crippen LogP contribution in [0.2, 0.25) is 0 Å². The molecular weight excluding hydrogens is 250 g/mol. The van der Waals surface area contributed by atoms with Gasteiger partial charge in [0.05, 0.1) is 16.8 Å². The molecule has 0 spiro atoms. The van der Waals surface area contributed by atoms with Crippen molar-refractivity contribution in [1.29, 1.82) is 0 Å². The van der Waals surface area contributed by atoms with Crippen molar-refractivity contribution in [1.82, 2.24) is 4.98 Å². The van der Waals surface area contributed by atoms with Crippen LogP contribution >= 0.6 is 11.3 Å². The van der Waals surface area contributed by atoms with Crippen molar-refractivity contribution >= 4 is 34.0 Å². The minimum Gasteiger partial charge on any atom is -0.399 e. The molecule has 90 valence electrons. The van der Waals surface area contributed by atoms with Gasteiger partial charge in [-0.25, -0.2) is 9.88 Å². The number of anilines is 2. The molecular formula is C12H9N3O2S. The summed E-state index contributed by atoms with van der Waals surface area (Å²) in [7, 11) is 0. The van der Waals surface area contributed by atoms with Crippen LogP contribution in [0.4, 0.5) is 10.8 Å². The largest absolute Gasteiger partial charge is 0.399 e. The molecule has 0 unspecified atom stereocenters. The van der Waals surface area contributed by atoms with Crippen molar-refractivity contribution < 1.29 is 9.59 Å². The summed E-state index contributed by atoms with van der Waals surface area (Å²) in [6, 6.07) is 4.71. The smallest absolute Gasteiger partial charge is 0.268 e. The zero-order chi connectivity index (χ0) is 12.9. The van der Waals surface area contributed by atoms with E-state index in [1.54, 1.807) is 17.5 Å². The molecule has 0 bridgehead atoms. The van der Waals surface area contributed by atoms with E-state index in [0.717, 1.165) is 10.6 Å². The summed E-state index contributed by atoms with van der Waals surface area (Å²) in [5.41, 5.74) is 7.60. The number of imide groups is 1. The van der Waals surface area contributed by atoms with Crippen LogP contribution in [0.5, 0.6) is 0 Å². The topological polar surface area (TPSA) is 76.3 Å². The second-order valence-corrected chi connectivity index (χ2v) is 4.86. The molecule has 1 aliphatic heterocycles. The highest BCUT2D eigenvalue weighted by Gasteiger charge is 2.38. The molecule has 0 saturated carbocycles. The van der Waals surface area contributed by atoms with E-state index in [1.165, 1.54) is 17.4 Å². The minimum atomic E-state index is -0.364. The van der Waals surface area contributed by atoms with Crippen LogP contribution in [0.1, 0.15) is 26.4 Å². The number of nitrogens with two attached hydrogens (primary N) is 1. The second-order valence-electron chi connectivity index (χ2n) is 4.02. The second kappa shape index (κ2) is 3.64. The summed E-state index contributed by atoms with van der Waals surface area (Å²) in [6.45, 7) is 1.82. The summed E-state index contributed by atoms with van der Waals surface area (Å²) < 4.78 is 0. The van der Waals surface area contributed by atoms with Crippen molar-refractivity contribution in [3.8, 4) is 0 Å². The van der Waals surface area contributed by atoms with Crippen molar-refractivity contribution in [3.05, 3.63) is 40.4 Å². The van der Waals surface area contributed by atoms with Gasteiger partial charge in [-0.2, -0.15) is 0 Å². The van der Waals surface area contributed by atoms with Crippen LogP contribution in [0.25, 0.3) is 0 Å². The lowest BCUT2D eigenvalue weighted by Crippen LogP contribution is -2.29. The molecule has 0 radical (unpaired) electrons. The van der Waals surface area contributed by atoms with E-state index in [4.69, 9.17) is 5.73 Å². The molecule has 1 aliphatic rings. The van der Waals surface area contributed by atoms with Gasteiger partial charge in [-0.15, -0.1) is 11.3 Å². The van der Waals surface area contributed by atoms with Gasteiger partial charge in [-0.1, -0.05) is 0 Å². The van der Waals surface area contributed by atoms with Gasteiger partial charge < -0.3 is 5.73 Å². The zero-order valence-corrected chi connectivity index (χ0v) is 10.3. The standard InChI is InChI=1S/C12H9N3O2S/c1-6-5-18-12(14-6)15-10(16)8-3-2-7(13)4-9(8)11(15)17/h2-5H,13H2,1H3. The maximum Gasteiger partial charge on any atom is 0.268 e. The highest BCUT2D eigenvalue weighted by Crippen LogP contribution is 2.31. The normalized spacial score (nSPS) is 14.2. The number of fused-ring (bicyclic) bond motifs is 1. The van der Waals surface area contributed by atoms with E-state index in [1.807, 2.05) is 6.92 Å². The van der Waals surface area contributed by atoms with Crippen molar-refractivity contribution in [3.63, 3.8) is 0 Å². The molecule has 3 rings (SSSR count). The molecule has 2 amide bonds. The van der Waals surface area contributed by atoms with E-state index in [9.17, 15) is 9.59 Å². The van der Waals surface area contributed by atoms with Crippen molar-refractivity contribution in [2.24, 2.45) is 0 Å². The van der Waals surface area contributed by atoms with Crippen LogP contribution in [0.15, 0.2) is 23.6 Å². The lowest BCUT2D eigenvalue weighted by molar-refractivity contribution is 0.0926. The van der Waals surface area contributed by atoms with Gasteiger partial charge in [0.25, 0.3) is 11.8 Å². The van der Waals surface area contributed by atoms with Gasteiger partial charge >= 0.3 is 0 Å². The Morgan fingerprint density at radius 1 is 1.22 bits per heavy atom. The highest BCUT2D eigenvalue weighted by molar-refractivity contribution is 7.14. The molecule has 0 atom stereocenters. The van der Waals surface area contributed by atoms with Gasteiger partial charge in [0.15, 0.2) is 5.13 Å². The highest BCUT2D eigenvalue weighted by atomic mass is 32.1. The summed E-state index contributed by atoms with van der Waals surface area (Å²) in [4.78, 5) is 29.6. The first-order chi connectivity index (χ1) is 8.58. The third kappa shape index (κ3) is 1.42. The summed E-state index contributed by atoms with van der Waals surface area (Å²) >= 11 is 1.27. The molecule has 6 heteroatoms. The number of nitrogens with zero attached hydrogens (tertiary/aromatic N) is 2. The van der Waals surface area contributed by atoms with Crippen LogP contribution in [-0.4, -0.2) is 16.8 Å². The monoisotopic (exact) mass is 259 g/mol. The number of hydrogen-bond donors (Lipinski definition) is 1. The Bertz CT molecular complexity index is 678. The lowest BCUT2D eigenvalue weighted by Gasteiger charge is -2.08. The predicted octanol–water partition coefficient (Wildman–Crippen LogP) is 1.83. The first-order valence-corrected chi connectivity index (χ1v) is 6.16. The van der Waals surface area contributed by atoms with E-state index in [0.29, 0.717) is 21.9 Å². The number of thiazole rings is 1. The van der Waals surface area contributed by atoms with Crippen LogP contribution < -0.4 is 10.6 Å². The Labute approximate surface area is 107 Å². The first-order valence-electron chi connectivity index (χ1n) is 5.28. The molecule has 2 aromatic rings. The quantitative estimate of drug-likeness (QED) is 0.626. The Morgan fingerprint density at radius 3 is 2.61 bits per heavy atom. The lowest BCUT2D eigenvalue weighted by atomic mass is 10.1. The van der Waals surface area contributed by atoms with Crippen LogP contribution in [0.3, 0.4) is 0 Å². The maximum absolute atomic E-state index is 12.2. The number of carbonyl (C=O) groups is 2. The number of rotatable bonds is 1. The van der Waals surface area contributed by atoms with E-state index in [2.05, 4.69) is 4.98 Å². The Hall–Kier alpha value is -2.21. The molecule has 0 aliphatic carbocycles. The van der Waals surface area contributed by atoms with Crippen molar-refractivity contribution in [2.75, 3.05) is 10.6 Å². The third-order valence-electron chi connectivity index (χ3n) is 2.71. The average molecular weight is 259 g/mol. The number of carbonyl (C=O) groups excluding carboxylic acids is 2. The SMILES string of the molecule is Cc1csc(N2C(=O)c3ccc(N)cc3C2=O)n1. The third-order valence-corrected chi connectivity index (χ3v) is 3.65. The molecule has 0 saturated heterocycles. The van der Waals surface area contributed by atoms with Gasteiger partial charge in [0.1, 0.15) is 0 Å². The Morgan fingerprint density at radius 2 is 1.94 bits per heavy atom. The average Bonchev–Trinajstić information content (AvgIpc) is 2.84. The van der Waals surface area contributed by atoms with Gasteiger partial charge in [-0.05, 0) is 25.1 Å². The number of nitrogen functional groups attached to an aromatic ring is 1. The maximum atomic E-state index is 12.2.